The van der Waals surface area contributed by atoms with Crippen LogP contribution >= 0.6 is 11.6 Å². The van der Waals surface area contributed by atoms with E-state index < -0.39 is 24.2 Å². The number of nitrogens with zero attached hydrogens (tertiary/aromatic N) is 3. The quantitative estimate of drug-likeness (QED) is 0.554. The summed E-state index contributed by atoms with van der Waals surface area (Å²) in [4.78, 5) is 16.4. The van der Waals surface area contributed by atoms with Gasteiger partial charge in [-0.3, -0.25) is 4.79 Å². The van der Waals surface area contributed by atoms with Crippen LogP contribution < -0.4 is 15.4 Å². The van der Waals surface area contributed by atoms with E-state index in [4.69, 9.17) is 16.3 Å². The van der Waals surface area contributed by atoms with Gasteiger partial charge < -0.3 is 15.4 Å². The van der Waals surface area contributed by atoms with Crippen molar-refractivity contribution < 1.29 is 22.7 Å². The van der Waals surface area contributed by atoms with Crippen molar-refractivity contribution in [3.8, 4) is 5.75 Å². The topological polar surface area (TPSA) is 81.1 Å². The first-order valence-electron chi connectivity index (χ1n) is 9.25. The van der Waals surface area contributed by atoms with Crippen LogP contribution in [0.15, 0.2) is 48.7 Å². The summed E-state index contributed by atoms with van der Waals surface area (Å²) < 4.78 is 47.5. The van der Waals surface area contributed by atoms with Gasteiger partial charge in [0.25, 0.3) is 5.91 Å². The first-order valence-corrected chi connectivity index (χ1v) is 9.62. The minimum atomic E-state index is -4.56. The minimum absolute atomic E-state index is 0.0594. The number of methoxy groups -OCH3 is 1. The third-order valence-corrected chi connectivity index (χ3v) is 5.23. The fourth-order valence-corrected chi connectivity index (χ4v) is 3.59. The van der Waals surface area contributed by atoms with Crippen LogP contribution in [0.25, 0.3) is 0 Å². The monoisotopic (exact) mass is 451 g/mol. The van der Waals surface area contributed by atoms with Crippen LogP contribution in [-0.4, -0.2) is 34.0 Å². The van der Waals surface area contributed by atoms with Crippen molar-refractivity contribution in [3.63, 3.8) is 0 Å². The van der Waals surface area contributed by atoms with E-state index in [2.05, 4.69) is 20.7 Å². The lowest BCUT2D eigenvalue weighted by Gasteiger charge is -2.33. The molecule has 4 rings (SSSR count). The molecule has 0 bridgehead atoms. The van der Waals surface area contributed by atoms with Crippen molar-refractivity contribution >= 4 is 29.0 Å². The second-order valence-electron chi connectivity index (χ2n) is 6.92. The SMILES string of the molecule is COc1cccc([C@H]2C[C@H](C(F)(F)F)n3nc(C(=O)Nc4cccnc4Cl)cc3N2)c1. The first-order chi connectivity index (χ1) is 14.8. The third kappa shape index (κ3) is 4.29. The van der Waals surface area contributed by atoms with Crippen LogP contribution in [0, 0.1) is 0 Å². The summed E-state index contributed by atoms with van der Waals surface area (Å²) in [7, 11) is 1.49. The molecule has 3 heterocycles. The van der Waals surface area contributed by atoms with Crippen molar-refractivity contribution in [1.82, 2.24) is 14.8 Å². The summed E-state index contributed by atoms with van der Waals surface area (Å²) in [5.41, 5.74) is 0.687. The van der Waals surface area contributed by atoms with Gasteiger partial charge in [-0.2, -0.15) is 18.3 Å². The molecule has 2 N–H and O–H groups in total. The van der Waals surface area contributed by atoms with Gasteiger partial charge in [0.1, 0.15) is 11.6 Å². The zero-order valence-electron chi connectivity index (χ0n) is 16.2. The molecule has 0 saturated heterocycles. The maximum Gasteiger partial charge on any atom is 0.410 e. The number of halogens is 4. The molecule has 0 fully saturated rings. The van der Waals surface area contributed by atoms with E-state index in [1.54, 1.807) is 30.3 Å². The smallest absolute Gasteiger partial charge is 0.410 e. The molecule has 11 heteroatoms. The number of amides is 1. The summed E-state index contributed by atoms with van der Waals surface area (Å²) in [5.74, 6) is -0.0726. The summed E-state index contributed by atoms with van der Waals surface area (Å²) in [6.45, 7) is 0. The highest BCUT2D eigenvalue weighted by Gasteiger charge is 2.46. The Morgan fingerprint density at radius 1 is 1.29 bits per heavy atom. The second kappa shape index (κ2) is 8.10. The Morgan fingerprint density at radius 2 is 2.10 bits per heavy atom. The Kier molecular flexibility index (Phi) is 5.48. The highest BCUT2D eigenvalue weighted by molar-refractivity contribution is 6.32. The Labute approximate surface area is 180 Å². The summed E-state index contributed by atoms with van der Waals surface area (Å²) in [5, 5.41) is 9.54. The predicted octanol–water partition coefficient (Wildman–Crippen LogP) is 4.85. The van der Waals surface area contributed by atoms with Crippen LogP contribution in [0.3, 0.4) is 0 Å². The molecular weight excluding hydrogens is 435 g/mol. The number of pyridine rings is 1. The average molecular weight is 452 g/mol. The molecule has 0 unspecified atom stereocenters. The van der Waals surface area contributed by atoms with E-state index in [1.807, 2.05) is 0 Å². The number of alkyl halides is 3. The van der Waals surface area contributed by atoms with Crippen LogP contribution in [0.2, 0.25) is 5.15 Å². The van der Waals surface area contributed by atoms with E-state index in [0.29, 0.717) is 11.3 Å². The third-order valence-electron chi connectivity index (χ3n) is 4.93. The molecule has 1 aromatic carbocycles. The number of fused-ring (bicyclic) bond motifs is 1. The molecule has 0 radical (unpaired) electrons. The molecule has 0 aliphatic carbocycles. The van der Waals surface area contributed by atoms with Gasteiger partial charge in [-0.05, 0) is 29.8 Å². The fraction of sp³-hybridized carbons (Fsp3) is 0.250. The normalized spacial score (nSPS) is 18.1. The Balaban J connectivity index is 1.66. The molecule has 1 aliphatic heterocycles. The highest BCUT2D eigenvalue weighted by atomic mass is 35.5. The zero-order valence-corrected chi connectivity index (χ0v) is 16.9. The van der Waals surface area contributed by atoms with E-state index in [1.165, 1.54) is 25.4 Å². The molecular formula is C20H17ClF3N5O2. The van der Waals surface area contributed by atoms with Crippen LogP contribution in [0.5, 0.6) is 5.75 Å². The lowest BCUT2D eigenvalue weighted by molar-refractivity contribution is -0.173. The number of ether oxygens (including phenoxy) is 1. The lowest BCUT2D eigenvalue weighted by Crippen LogP contribution is -2.35. The number of hydrogen-bond acceptors (Lipinski definition) is 5. The second-order valence-corrected chi connectivity index (χ2v) is 7.28. The molecule has 31 heavy (non-hydrogen) atoms. The van der Waals surface area contributed by atoms with E-state index in [9.17, 15) is 18.0 Å². The summed E-state index contributed by atoms with van der Waals surface area (Å²) in [6, 6.07) is 8.65. The highest BCUT2D eigenvalue weighted by Crippen LogP contribution is 2.44. The average Bonchev–Trinajstić information content (AvgIpc) is 3.18. The van der Waals surface area contributed by atoms with Gasteiger partial charge in [0.15, 0.2) is 16.9 Å². The standard InChI is InChI=1S/C20H17ClF3N5O2/c1-31-12-5-2-4-11(8-12)14-9-16(20(22,23)24)29-17(26-14)10-15(28-29)19(30)27-13-6-3-7-25-18(13)21/h2-8,10,14,16,26H,9H2,1H3,(H,27,30)/t14-,16-/m1/s1. The number of carbonyl (C=O) groups excluding carboxylic acids is 1. The van der Waals surface area contributed by atoms with Crippen molar-refractivity contribution in [2.75, 3.05) is 17.7 Å². The largest absolute Gasteiger partial charge is 0.497 e. The maximum absolute atomic E-state index is 13.8. The van der Waals surface area contributed by atoms with E-state index in [-0.39, 0.29) is 28.8 Å². The number of carbonyl (C=O) groups is 1. The van der Waals surface area contributed by atoms with Gasteiger partial charge in [0.2, 0.25) is 0 Å². The van der Waals surface area contributed by atoms with Gasteiger partial charge in [-0.15, -0.1) is 0 Å². The number of anilines is 2. The van der Waals surface area contributed by atoms with Crippen LogP contribution in [-0.2, 0) is 0 Å². The van der Waals surface area contributed by atoms with E-state index >= 15 is 0 Å². The van der Waals surface area contributed by atoms with Crippen molar-refractivity contribution in [1.29, 1.82) is 0 Å². The Hall–Kier alpha value is -3.27. The van der Waals surface area contributed by atoms with Crippen molar-refractivity contribution in [2.45, 2.75) is 24.7 Å². The molecule has 7 nitrogen and oxygen atoms in total. The zero-order chi connectivity index (χ0) is 22.2. The number of aromatic nitrogens is 3. The van der Waals surface area contributed by atoms with Gasteiger partial charge >= 0.3 is 6.18 Å². The van der Waals surface area contributed by atoms with Crippen LogP contribution in [0.4, 0.5) is 24.7 Å². The van der Waals surface area contributed by atoms with Crippen molar-refractivity contribution in [2.24, 2.45) is 0 Å². The first kappa shape index (κ1) is 21.0. The molecule has 2 atom stereocenters. The molecule has 0 spiro atoms. The molecule has 3 aromatic rings. The van der Waals surface area contributed by atoms with Gasteiger partial charge in [-0.25, -0.2) is 9.67 Å². The molecule has 2 aromatic heterocycles. The lowest BCUT2D eigenvalue weighted by atomic mass is 9.97. The van der Waals surface area contributed by atoms with Crippen LogP contribution in [0.1, 0.15) is 34.6 Å². The Bertz CT molecular complexity index is 1120. The maximum atomic E-state index is 13.8. The summed E-state index contributed by atoms with van der Waals surface area (Å²) >= 11 is 5.93. The van der Waals surface area contributed by atoms with Gasteiger partial charge in [0, 0.05) is 18.7 Å². The Morgan fingerprint density at radius 3 is 2.81 bits per heavy atom. The number of hydrogen-bond donors (Lipinski definition) is 2. The number of benzene rings is 1. The summed E-state index contributed by atoms with van der Waals surface area (Å²) in [6.07, 6.45) is -3.40. The van der Waals surface area contributed by atoms with Crippen molar-refractivity contribution in [3.05, 3.63) is 65.1 Å². The molecule has 162 valence electrons. The van der Waals surface area contributed by atoms with E-state index in [0.717, 1.165) is 4.68 Å². The number of rotatable bonds is 4. The van der Waals surface area contributed by atoms with Gasteiger partial charge in [0.05, 0.1) is 18.8 Å². The van der Waals surface area contributed by atoms with Gasteiger partial charge in [-0.1, -0.05) is 23.7 Å². The predicted molar refractivity (Wildman–Crippen MR) is 108 cm³/mol. The number of nitrogens with one attached hydrogen (secondary N) is 2. The fourth-order valence-electron chi connectivity index (χ4n) is 3.43. The molecule has 0 saturated carbocycles. The molecule has 1 aliphatic rings. The molecule has 1 amide bonds. The minimum Gasteiger partial charge on any atom is -0.497 e.